The molecule has 0 radical (unpaired) electrons. The molecule has 0 bridgehead atoms. The van der Waals surface area contributed by atoms with Gasteiger partial charge in [-0.2, -0.15) is 0 Å². The summed E-state index contributed by atoms with van der Waals surface area (Å²) >= 11 is 0. The van der Waals surface area contributed by atoms with Crippen molar-refractivity contribution in [3.05, 3.63) is 24.3 Å². The molecule has 0 saturated carbocycles. The highest BCUT2D eigenvalue weighted by Crippen LogP contribution is 2.22. The average Bonchev–Trinajstić information content (AvgIpc) is 2.51. The van der Waals surface area contributed by atoms with Gasteiger partial charge in [0.25, 0.3) is 0 Å². The molecular weight excluding hydrogens is 284 g/mol. The van der Waals surface area contributed by atoms with E-state index >= 15 is 0 Å². The van der Waals surface area contributed by atoms with Gasteiger partial charge in [-0.1, -0.05) is 6.07 Å². The Balaban J connectivity index is 1.72. The SMILES string of the molecule is O=C1CCC(Nc2cccc(N3CCNCC3=O)c2)C(=O)N1. The fourth-order valence-corrected chi connectivity index (χ4v) is 2.68. The zero-order valence-corrected chi connectivity index (χ0v) is 12.1. The van der Waals surface area contributed by atoms with E-state index in [1.807, 2.05) is 24.3 Å². The zero-order chi connectivity index (χ0) is 15.5. The average molecular weight is 302 g/mol. The summed E-state index contributed by atoms with van der Waals surface area (Å²) in [4.78, 5) is 36.6. The van der Waals surface area contributed by atoms with Gasteiger partial charge in [-0.05, 0) is 24.6 Å². The van der Waals surface area contributed by atoms with E-state index in [9.17, 15) is 14.4 Å². The van der Waals surface area contributed by atoms with Crippen molar-refractivity contribution in [2.24, 2.45) is 0 Å². The Labute approximate surface area is 128 Å². The van der Waals surface area contributed by atoms with Crippen LogP contribution in [0.1, 0.15) is 12.8 Å². The van der Waals surface area contributed by atoms with Crippen molar-refractivity contribution in [1.29, 1.82) is 0 Å². The number of hydrogen-bond acceptors (Lipinski definition) is 5. The van der Waals surface area contributed by atoms with Crippen LogP contribution < -0.4 is 20.9 Å². The summed E-state index contributed by atoms with van der Waals surface area (Å²) in [6.07, 6.45) is 0.806. The van der Waals surface area contributed by atoms with Crippen LogP contribution in [0.5, 0.6) is 0 Å². The second-order valence-electron chi connectivity index (χ2n) is 5.42. The van der Waals surface area contributed by atoms with Gasteiger partial charge in [0, 0.05) is 30.9 Å². The number of piperazine rings is 1. The van der Waals surface area contributed by atoms with Crippen LogP contribution in [0, 0.1) is 0 Å². The molecule has 2 saturated heterocycles. The first-order valence-electron chi connectivity index (χ1n) is 7.35. The van der Waals surface area contributed by atoms with Crippen LogP contribution in [0.25, 0.3) is 0 Å². The number of imide groups is 1. The molecule has 3 N–H and O–H groups in total. The number of piperidine rings is 1. The van der Waals surface area contributed by atoms with Crippen LogP contribution in [0.4, 0.5) is 11.4 Å². The molecule has 0 aliphatic carbocycles. The number of nitrogens with one attached hydrogen (secondary N) is 3. The summed E-state index contributed by atoms with van der Waals surface area (Å²) in [5.41, 5.74) is 1.57. The summed E-state index contributed by atoms with van der Waals surface area (Å²) in [5.74, 6) is -0.507. The Hall–Kier alpha value is -2.41. The van der Waals surface area contributed by atoms with Crippen molar-refractivity contribution < 1.29 is 14.4 Å². The van der Waals surface area contributed by atoms with Gasteiger partial charge in [0.2, 0.25) is 17.7 Å². The molecule has 1 atom stereocenters. The maximum Gasteiger partial charge on any atom is 0.249 e. The van der Waals surface area contributed by atoms with Crippen LogP contribution >= 0.6 is 0 Å². The molecule has 2 heterocycles. The minimum atomic E-state index is -0.424. The third kappa shape index (κ3) is 3.09. The van der Waals surface area contributed by atoms with Gasteiger partial charge in [0.15, 0.2) is 0 Å². The van der Waals surface area contributed by atoms with Crippen LogP contribution in [-0.4, -0.2) is 43.4 Å². The Morgan fingerprint density at radius 2 is 2.09 bits per heavy atom. The molecule has 3 amide bonds. The van der Waals surface area contributed by atoms with Crippen LogP contribution in [-0.2, 0) is 14.4 Å². The van der Waals surface area contributed by atoms with Crippen molar-refractivity contribution in [2.75, 3.05) is 29.9 Å². The molecule has 3 rings (SSSR count). The second-order valence-corrected chi connectivity index (χ2v) is 5.42. The maximum absolute atomic E-state index is 11.9. The molecule has 1 aromatic carbocycles. The van der Waals surface area contributed by atoms with Crippen LogP contribution in [0.3, 0.4) is 0 Å². The normalized spacial score (nSPS) is 22.5. The number of anilines is 2. The Morgan fingerprint density at radius 1 is 1.23 bits per heavy atom. The lowest BCUT2D eigenvalue weighted by Gasteiger charge is -2.28. The number of amides is 3. The van der Waals surface area contributed by atoms with Gasteiger partial charge in [-0.3, -0.25) is 19.7 Å². The molecule has 1 aromatic rings. The standard InChI is InChI=1S/C15H18N4O3/c20-13-5-4-12(15(22)18-13)17-10-2-1-3-11(8-10)19-7-6-16-9-14(19)21/h1-3,8,12,16-17H,4-7,9H2,(H,18,20,22). The quantitative estimate of drug-likeness (QED) is 0.675. The third-order valence-corrected chi connectivity index (χ3v) is 3.83. The fourth-order valence-electron chi connectivity index (χ4n) is 2.68. The summed E-state index contributed by atoms with van der Waals surface area (Å²) in [7, 11) is 0. The fraction of sp³-hybridized carbons (Fsp3) is 0.400. The van der Waals surface area contributed by atoms with Gasteiger partial charge in [0.1, 0.15) is 6.04 Å². The summed E-state index contributed by atoms with van der Waals surface area (Å²) in [6, 6.07) is 7.00. The third-order valence-electron chi connectivity index (χ3n) is 3.83. The van der Waals surface area contributed by atoms with Gasteiger partial charge >= 0.3 is 0 Å². The van der Waals surface area contributed by atoms with Crippen molar-refractivity contribution in [1.82, 2.24) is 10.6 Å². The topological polar surface area (TPSA) is 90.5 Å². The van der Waals surface area contributed by atoms with E-state index in [0.29, 0.717) is 25.9 Å². The predicted octanol–water partition coefficient (Wildman–Crippen LogP) is -0.160. The van der Waals surface area contributed by atoms with Crippen molar-refractivity contribution in [3.63, 3.8) is 0 Å². The van der Waals surface area contributed by atoms with E-state index in [0.717, 1.165) is 17.9 Å². The largest absolute Gasteiger partial charge is 0.374 e. The molecular formula is C15H18N4O3. The van der Waals surface area contributed by atoms with E-state index in [1.165, 1.54) is 0 Å². The number of hydrogen-bond donors (Lipinski definition) is 3. The number of rotatable bonds is 3. The van der Waals surface area contributed by atoms with E-state index in [2.05, 4.69) is 16.0 Å². The molecule has 0 spiro atoms. The molecule has 2 aliphatic heterocycles. The maximum atomic E-state index is 11.9. The van der Waals surface area contributed by atoms with E-state index in [1.54, 1.807) is 4.90 Å². The van der Waals surface area contributed by atoms with Gasteiger partial charge in [0.05, 0.1) is 6.54 Å². The number of carbonyl (C=O) groups is 3. The molecule has 2 aliphatic rings. The van der Waals surface area contributed by atoms with Gasteiger partial charge < -0.3 is 15.5 Å². The first kappa shape index (κ1) is 14.5. The Morgan fingerprint density at radius 3 is 2.86 bits per heavy atom. The van der Waals surface area contributed by atoms with E-state index in [-0.39, 0.29) is 17.7 Å². The zero-order valence-electron chi connectivity index (χ0n) is 12.1. The monoisotopic (exact) mass is 302 g/mol. The first-order chi connectivity index (χ1) is 10.6. The van der Waals surface area contributed by atoms with Gasteiger partial charge in [-0.25, -0.2) is 0 Å². The van der Waals surface area contributed by atoms with Gasteiger partial charge in [-0.15, -0.1) is 0 Å². The Bertz CT molecular complexity index is 617. The minimum Gasteiger partial charge on any atom is -0.374 e. The van der Waals surface area contributed by atoms with Crippen molar-refractivity contribution >= 4 is 29.1 Å². The molecule has 1 unspecified atom stereocenters. The molecule has 2 fully saturated rings. The van der Waals surface area contributed by atoms with Crippen molar-refractivity contribution in [3.8, 4) is 0 Å². The van der Waals surface area contributed by atoms with E-state index in [4.69, 9.17) is 0 Å². The lowest BCUT2D eigenvalue weighted by atomic mass is 10.1. The molecule has 7 heteroatoms. The lowest BCUT2D eigenvalue weighted by Crippen LogP contribution is -2.48. The van der Waals surface area contributed by atoms with Crippen LogP contribution in [0.2, 0.25) is 0 Å². The highest BCUT2D eigenvalue weighted by molar-refractivity contribution is 6.01. The number of carbonyl (C=O) groups excluding carboxylic acids is 3. The second kappa shape index (κ2) is 6.15. The van der Waals surface area contributed by atoms with E-state index < -0.39 is 6.04 Å². The summed E-state index contributed by atoms with van der Waals surface area (Å²) in [5, 5.41) is 8.48. The minimum absolute atomic E-state index is 0.0319. The molecule has 116 valence electrons. The first-order valence-corrected chi connectivity index (χ1v) is 7.35. The smallest absolute Gasteiger partial charge is 0.249 e. The Kier molecular flexibility index (Phi) is 4.06. The molecule has 7 nitrogen and oxygen atoms in total. The number of nitrogens with zero attached hydrogens (tertiary/aromatic N) is 1. The van der Waals surface area contributed by atoms with Crippen LogP contribution in [0.15, 0.2) is 24.3 Å². The van der Waals surface area contributed by atoms with Crippen molar-refractivity contribution in [2.45, 2.75) is 18.9 Å². The highest BCUT2D eigenvalue weighted by Gasteiger charge is 2.26. The molecule has 22 heavy (non-hydrogen) atoms. The molecule has 0 aromatic heterocycles. The predicted molar refractivity (Wildman–Crippen MR) is 81.5 cm³/mol. The summed E-state index contributed by atoms with van der Waals surface area (Å²) in [6.45, 7) is 1.72. The highest BCUT2D eigenvalue weighted by atomic mass is 16.2. The number of benzene rings is 1. The summed E-state index contributed by atoms with van der Waals surface area (Å²) < 4.78 is 0. The lowest BCUT2D eigenvalue weighted by molar-refractivity contribution is -0.133.